The van der Waals surface area contributed by atoms with E-state index in [0.717, 1.165) is 6.42 Å². The first-order valence-electron chi connectivity index (χ1n) is 2.81. The Labute approximate surface area is 72.6 Å². The molecule has 3 nitrogen and oxygen atoms in total. The van der Waals surface area contributed by atoms with Gasteiger partial charge in [-0.1, -0.05) is 0 Å². The number of carbonyl (C=O) groups excluding carboxylic acids is 1. The van der Waals surface area contributed by atoms with Gasteiger partial charge < -0.3 is 11.1 Å². The van der Waals surface area contributed by atoms with E-state index in [1.54, 1.807) is 0 Å². The van der Waals surface area contributed by atoms with Gasteiger partial charge in [-0.25, -0.2) is 0 Å². The Morgan fingerprint density at radius 2 is 2.10 bits per heavy atom. The van der Waals surface area contributed by atoms with Crippen LogP contribution >= 0.6 is 24.8 Å². The van der Waals surface area contributed by atoms with Crippen molar-refractivity contribution in [3.63, 3.8) is 0 Å². The molecule has 0 aromatic heterocycles. The quantitative estimate of drug-likeness (QED) is 0.563. The summed E-state index contributed by atoms with van der Waals surface area (Å²) >= 11 is 0. The van der Waals surface area contributed by atoms with Crippen LogP contribution in [-0.4, -0.2) is 18.5 Å². The summed E-state index contributed by atoms with van der Waals surface area (Å²) < 4.78 is 0. The van der Waals surface area contributed by atoms with Crippen LogP contribution < -0.4 is 11.1 Å². The largest absolute Gasteiger partial charge is 0.355 e. The van der Waals surface area contributed by atoms with Crippen molar-refractivity contribution in [1.29, 1.82) is 0 Å². The third-order valence-electron chi connectivity index (χ3n) is 1.30. The summed E-state index contributed by atoms with van der Waals surface area (Å²) in [6, 6.07) is 0.188. The first kappa shape index (κ1) is 12.7. The molecule has 1 fully saturated rings. The number of nitrogens with two attached hydrogens (primary N) is 1. The van der Waals surface area contributed by atoms with Crippen LogP contribution in [0.3, 0.4) is 0 Å². The summed E-state index contributed by atoms with van der Waals surface area (Å²) in [7, 11) is 0. The minimum absolute atomic E-state index is 0. The molecule has 1 heterocycles. The van der Waals surface area contributed by atoms with Crippen molar-refractivity contribution in [2.75, 3.05) is 6.54 Å². The number of rotatable bonds is 0. The van der Waals surface area contributed by atoms with Crippen molar-refractivity contribution in [3.05, 3.63) is 0 Å². The molecule has 1 amide bonds. The Bertz CT molecular complexity index is 99.8. The van der Waals surface area contributed by atoms with Gasteiger partial charge in [0.25, 0.3) is 0 Å². The van der Waals surface area contributed by atoms with E-state index in [1.165, 1.54) is 0 Å². The lowest BCUT2D eigenvalue weighted by atomic mass is 10.1. The lowest BCUT2D eigenvalue weighted by molar-refractivity contribution is -0.122. The van der Waals surface area contributed by atoms with Crippen LogP contribution in [0.4, 0.5) is 0 Å². The van der Waals surface area contributed by atoms with Crippen LogP contribution in [0.15, 0.2) is 0 Å². The number of amides is 1. The molecule has 1 aliphatic heterocycles. The second kappa shape index (κ2) is 5.77. The minimum Gasteiger partial charge on any atom is -0.355 e. The van der Waals surface area contributed by atoms with E-state index in [-0.39, 0.29) is 36.8 Å². The summed E-state index contributed by atoms with van der Waals surface area (Å²) in [6.07, 6.45) is 1.44. The Morgan fingerprint density at radius 3 is 2.40 bits per heavy atom. The molecule has 1 atom stereocenters. The van der Waals surface area contributed by atoms with Gasteiger partial charge in [0.15, 0.2) is 0 Å². The van der Waals surface area contributed by atoms with Crippen molar-refractivity contribution in [1.82, 2.24) is 5.32 Å². The predicted octanol–water partition coefficient (Wildman–Crippen LogP) is 0.0673. The normalized spacial score (nSPS) is 23.7. The van der Waals surface area contributed by atoms with Gasteiger partial charge in [0.2, 0.25) is 5.91 Å². The molecule has 1 rings (SSSR count). The molecule has 0 bridgehead atoms. The van der Waals surface area contributed by atoms with E-state index in [4.69, 9.17) is 5.73 Å². The van der Waals surface area contributed by atoms with Crippen molar-refractivity contribution < 1.29 is 4.79 Å². The highest BCUT2D eigenvalue weighted by Crippen LogP contribution is 1.98. The van der Waals surface area contributed by atoms with Crippen LogP contribution in [0.5, 0.6) is 0 Å². The second-order valence-corrected chi connectivity index (χ2v) is 2.10. The van der Waals surface area contributed by atoms with Gasteiger partial charge in [0.1, 0.15) is 0 Å². The van der Waals surface area contributed by atoms with Crippen LogP contribution in [0.1, 0.15) is 12.8 Å². The Hall–Kier alpha value is 0.01000. The topological polar surface area (TPSA) is 55.1 Å². The highest BCUT2D eigenvalue weighted by atomic mass is 35.5. The molecule has 3 N–H and O–H groups in total. The summed E-state index contributed by atoms with van der Waals surface area (Å²) in [6.45, 7) is 0.652. The van der Waals surface area contributed by atoms with Crippen LogP contribution in [0.25, 0.3) is 0 Å². The van der Waals surface area contributed by atoms with Gasteiger partial charge in [-0.15, -0.1) is 24.8 Å². The Morgan fingerprint density at radius 1 is 1.50 bits per heavy atom. The lowest BCUT2D eigenvalue weighted by Gasteiger charge is -2.17. The first-order chi connectivity index (χ1) is 3.79. The number of hydrogen-bond donors (Lipinski definition) is 2. The average Bonchev–Trinajstić information content (AvgIpc) is 1.77. The zero-order valence-electron chi connectivity index (χ0n) is 5.50. The van der Waals surface area contributed by atoms with Gasteiger partial charge in [0, 0.05) is 19.0 Å². The van der Waals surface area contributed by atoms with E-state index >= 15 is 0 Å². The summed E-state index contributed by atoms with van der Waals surface area (Å²) in [5.41, 5.74) is 5.48. The summed E-state index contributed by atoms with van der Waals surface area (Å²) in [5, 5.41) is 2.67. The first-order valence-corrected chi connectivity index (χ1v) is 2.81. The predicted molar refractivity (Wildman–Crippen MR) is 44.7 cm³/mol. The van der Waals surface area contributed by atoms with Crippen LogP contribution in [-0.2, 0) is 4.79 Å². The maximum atomic E-state index is 10.4. The Kier molecular flexibility index (Phi) is 7.31. The molecule has 0 saturated carbocycles. The van der Waals surface area contributed by atoms with E-state index in [1.807, 2.05) is 0 Å². The van der Waals surface area contributed by atoms with Crippen LogP contribution in [0, 0.1) is 0 Å². The van der Waals surface area contributed by atoms with Crippen molar-refractivity contribution in [2.45, 2.75) is 18.9 Å². The van der Waals surface area contributed by atoms with E-state index in [0.29, 0.717) is 13.0 Å². The standard InChI is InChI=1S/C5H10N2O.2ClH/c6-4-1-2-5(8)7-3-4;;/h4H,1-3,6H2,(H,7,8);2*1H. The molecule has 1 saturated heterocycles. The summed E-state index contributed by atoms with van der Waals surface area (Å²) in [5.74, 6) is 0.131. The number of nitrogens with one attached hydrogen (secondary N) is 1. The monoisotopic (exact) mass is 186 g/mol. The molecular weight excluding hydrogens is 175 g/mol. The molecule has 0 aliphatic carbocycles. The number of hydrogen-bond acceptors (Lipinski definition) is 2. The smallest absolute Gasteiger partial charge is 0.220 e. The second-order valence-electron chi connectivity index (χ2n) is 2.10. The molecule has 5 heteroatoms. The molecule has 62 valence electrons. The van der Waals surface area contributed by atoms with Crippen molar-refractivity contribution in [3.8, 4) is 0 Å². The maximum absolute atomic E-state index is 10.4. The van der Waals surface area contributed by atoms with Gasteiger partial charge in [-0.3, -0.25) is 4.79 Å². The third-order valence-corrected chi connectivity index (χ3v) is 1.30. The molecular formula is C5H12Cl2N2O. The number of piperidine rings is 1. The third kappa shape index (κ3) is 3.93. The molecule has 0 radical (unpaired) electrons. The fourth-order valence-corrected chi connectivity index (χ4v) is 0.752. The fraction of sp³-hybridized carbons (Fsp3) is 0.800. The van der Waals surface area contributed by atoms with E-state index in [2.05, 4.69) is 5.32 Å². The Balaban J connectivity index is 0. The molecule has 0 spiro atoms. The van der Waals surface area contributed by atoms with Gasteiger partial charge in [0.05, 0.1) is 0 Å². The van der Waals surface area contributed by atoms with Crippen molar-refractivity contribution in [2.24, 2.45) is 5.73 Å². The summed E-state index contributed by atoms with van der Waals surface area (Å²) in [4.78, 5) is 10.4. The zero-order valence-corrected chi connectivity index (χ0v) is 7.13. The molecule has 10 heavy (non-hydrogen) atoms. The molecule has 1 aliphatic rings. The van der Waals surface area contributed by atoms with Gasteiger partial charge in [-0.05, 0) is 6.42 Å². The molecule has 1 unspecified atom stereocenters. The van der Waals surface area contributed by atoms with E-state index in [9.17, 15) is 4.79 Å². The molecule has 0 aromatic rings. The SMILES string of the molecule is Cl.Cl.NC1CCC(=O)NC1. The minimum atomic E-state index is 0. The zero-order chi connectivity index (χ0) is 5.98. The number of halogens is 2. The molecule has 0 aromatic carbocycles. The highest BCUT2D eigenvalue weighted by molar-refractivity contribution is 5.85. The van der Waals surface area contributed by atoms with Crippen LogP contribution in [0.2, 0.25) is 0 Å². The highest BCUT2D eigenvalue weighted by Gasteiger charge is 2.12. The van der Waals surface area contributed by atoms with E-state index < -0.39 is 0 Å². The van der Waals surface area contributed by atoms with Gasteiger partial charge in [-0.2, -0.15) is 0 Å². The maximum Gasteiger partial charge on any atom is 0.220 e. The average molecular weight is 187 g/mol. The lowest BCUT2D eigenvalue weighted by Crippen LogP contribution is -2.42. The van der Waals surface area contributed by atoms with Gasteiger partial charge >= 0.3 is 0 Å². The van der Waals surface area contributed by atoms with Crippen molar-refractivity contribution >= 4 is 30.7 Å². The number of carbonyl (C=O) groups is 1. The fourth-order valence-electron chi connectivity index (χ4n) is 0.752.